The highest BCUT2D eigenvalue weighted by Crippen LogP contribution is 2.27. The van der Waals surface area contributed by atoms with Gasteiger partial charge in [-0.1, -0.05) is 6.07 Å². The molecule has 2 amide bonds. The molecule has 1 aromatic rings. The van der Waals surface area contributed by atoms with Gasteiger partial charge in [0.25, 0.3) is 5.92 Å². The maximum absolute atomic E-state index is 13.1. The monoisotopic (exact) mass is 345 g/mol. The second-order valence-electron chi connectivity index (χ2n) is 5.68. The molecule has 2 N–H and O–H groups in total. The van der Waals surface area contributed by atoms with Gasteiger partial charge in [0.1, 0.15) is 0 Å². The Hall–Kier alpha value is -1.73. The molecular formula is C15H18ClF2N3O2. The average molecular weight is 346 g/mol. The molecule has 2 heterocycles. The second kappa shape index (κ2) is 6.80. The van der Waals surface area contributed by atoms with Crippen molar-refractivity contribution < 1.29 is 18.4 Å². The van der Waals surface area contributed by atoms with Crippen LogP contribution in [0, 0.1) is 0 Å². The van der Waals surface area contributed by atoms with Crippen LogP contribution in [-0.4, -0.2) is 36.9 Å². The van der Waals surface area contributed by atoms with Crippen molar-refractivity contribution in [3.8, 4) is 0 Å². The highest BCUT2D eigenvalue weighted by molar-refractivity contribution is 5.98. The fraction of sp³-hybridized carbons (Fsp3) is 0.467. The van der Waals surface area contributed by atoms with Crippen molar-refractivity contribution in [3.63, 3.8) is 0 Å². The average Bonchev–Trinajstić information content (AvgIpc) is 3.05. The molecule has 1 aromatic carbocycles. The van der Waals surface area contributed by atoms with E-state index in [-0.39, 0.29) is 18.3 Å². The van der Waals surface area contributed by atoms with E-state index in [0.717, 1.165) is 6.42 Å². The highest BCUT2D eigenvalue weighted by atomic mass is 35.5. The molecule has 0 spiro atoms. The van der Waals surface area contributed by atoms with Crippen LogP contribution in [0.4, 0.5) is 20.2 Å². The van der Waals surface area contributed by atoms with E-state index in [2.05, 4.69) is 10.6 Å². The van der Waals surface area contributed by atoms with Gasteiger partial charge in [0, 0.05) is 30.8 Å². The zero-order valence-electron chi connectivity index (χ0n) is 12.4. The third-order valence-corrected chi connectivity index (χ3v) is 3.93. The third-order valence-electron chi connectivity index (χ3n) is 3.93. The smallest absolute Gasteiger partial charge is 0.262 e. The van der Waals surface area contributed by atoms with Crippen LogP contribution in [0.2, 0.25) is 0 Å². The minimum Gasteiger partial charge on any atom is -0.325 e. The lowest BCUT2D eigenvalue weighted by atomic mass is 10.1. The Morgan fingerprint density at radius 1 is 1.39 bits per heavy atom. The molecule has 0 radical (unpaired) electrons. The van der Waals surface area contributed by atoms with Crippen LogP contribution in [0.5, 0.6) is 0 Å². The minimum absolute atomic E-state index is 0. The summed E-state index contributed by atoms with van der Waals surface area (Å²) in [6, 6.07) is 5.99. The van der Waals surface area contributed by atoms with Crippen molar-refractivity contribution in [3.05, 3.63) is 24.3 Å². The van der Waals surface area contributed by atoms with Crippen molar-refractivity contribution in [2.75, 3.05) is 23.3 Å². The van der Waals surface area contributed by atoms with E-state index in [4.69, 9.17) is 0 Å². The van der Waals surface area contributed by atoms with Gasteiger partial charge < -0.3 is 10.2 Å². The molecule has 23 heavy (non-hydrogen) atoms. The Labute approximate surface area is 138 Å². The van der Waals surface area contributed by atoms with Gasteiger partial charge in [-0.15, -0.1) is 12.4 Å². The molecule has 8 heteroatoms. The van der Waals surface area contributed by atoms with E-state index in [1.165, 1.54) is 0 Å². The summed E-state index contributed by atoms with van der Waals surface area (Å²) in [6.07, 6.45) is 0.845. The minimum atomic E-state index is -2.84. The predicted molar refractivity (Wildman–Crippen MR) is 85.3 cm³/mol. The van der Waals surface area contributed by atoms with E-state index < -0.39 is 30.8 Å². The molecule has 1 unspecified atom stereocenters. The largest absolute Gasteiger partial charge is 0.325 e. The summed E-state index contributed by atoms with van der Waals surface area (Å²) in [7, 11) is 0. The van der Waals surface area contributed by atoms with E-state index >= 15 is 0 Å². The van der Waals surface area contributed by atoms with Gasteiger partial charge in [0.2, 0.25) is 11.8 Å². The van der Waals surface area contributed by atoms with Gasteiger partial charge in [-0.05, 0) is 24.6 Å². The van der Waals surface area contributed by atoms with Crippen LogP contribution in [0.3, 0.4) is 0 Å². The molecule has 2 aliphatic rings. The Morgan fingerprint density at radius 2 is 2.17 bits per heavy atom. The maximum Gasteiger partial charge on any atom is 0.262 e. The van der Waals surface area contributed by atoms with Crippen LogP contribution in [0.25, 0.3) is 0 Å². The fourth-order valence-electron chi connectivity index (χ4n) is 2.80. The van der Waals surface area contributed by atoms with Gasteiger partial charge in [-0.2, -0.15) is 0 Å². The van der Waals surface area contributed by atoms with E-state index in [9.17, 15) is 18.4 Å². The van der Waals surface area contributed by atoms with Gasteiger partial charge >= 0.3 is 0 Å². The number of halogens is 3. The molecule has 2 fully saturated rings. The highest BCUT2D eigenvalue weighted by Gasteiger charge is 2.42. The first-order valence-electron chi connectivity index (χ1n) is 7.27. The van der Waals surface area contributed by atoms with Gasteiger partial charge in [0.15, 0.2) is 0 Å². The summed E-state index contributed by atoms with van der Waals surface area (Å²) in [5, 5.41) is 5.14. The number of hydrogen-bond acceptors (Lipinski definition) is 3. The third kappa shape index (κ3) is 3.97. The van der Waals surface area contributed by atoms with Crippen molar-refractivity contribution >= 4 is 35.6 Å². The van der Waals surface area contributed by atoms with Crippen LogP contribution in [0.1, 0.15) is 19.3 Å². The van der Waals surface area contributed by atoms with Crippen LogP contribution >= 0.6 is 12.4 Å². The van der Waals surface area contributed by atoms with Gasteiger partial charge in [-0.25, -0.2) is 8.78 Å². The Balaban J connectivity index is 0.00000192. The molecule has 126 valence electrons. The maximum atomic E-state index is 13.1. The summed E-state index contributed by atoms with van der Waals surface area (Å²) < 4.78 is 26.2. The summed E-state index contributed by atoms with van der Waals surface area (Å²) in [6.45, 7) is 0.181. The SMILES string of the molecule is Cl.O=C(Nc1cccc(N2CCCC2=O)c1)C1CC(F)(F)CN1. The van der Waals surface area contributed by atoms with Gasteiger partial charge in [-0.3, -0.25) is 14.9 Å². The van der Waals surface area contributed by atoms with Crippen molar-refractivity contribution in [1.29, 1.82) is 0 Å². The summed E-state index contributed by atoms with van der Waals surface area (Å²) in [4.78, 5) is 25.4. The number of alkyl halides is 2. The number of benzene rings is 1. The van der Waals surface area contributed by atoms with E-state index in [1.54, 1.807) is 29.2 Å². The molecule has 2 aliphatic heterocycles. The summed E-state index contributed by atoms with van der Waals surface area (Å²) in [5.74, 6) is -3.27. The quantitative estimate of drug-likeness (QED) is 0.882. The Morgan fingerprint density at radius 3 is 2.78 bits per heavy atom. The number of nitrogens with one attached hydrogen (secondary N) is 2. The number of hydrogen-bond donors (Lipinski definition) is 2. The lowest BCUT2D eigenvalue weighted by molar-refractivity contribution is -0.118. The summed E-state index contributed by atoms with van der Waals surface area (Å²) in [5.41, 5.74) is 1.21. The first kappa shape index (κ1) is 17.6. The molecule has 0 aliphatic carbocycles. The molecule has 5 nitrogen and oxygen atoms in total. The standard InChI is InChI=1S/C15H17F2N3O2.ClH/c16-15(17)8-12(18-9-15)14(22)19-10-3-1-4-11(7-10)20-6-2-5-13(20)21;/h1,3-4,7,12,18H,2,5-6,8-9H2,(H,19,22);1H. The molecule has 2 saturated heterocycles. The number of anilines is 2. The first-order chi connectivity index (χ1) is 10.4. The first-order valence-corrected chi connectivity index (χ1v) is 7.27. The van der Waals surface area contributed by atoms with Crippen LogP contribution < -0.4 is 15.5 Å². The zero-order chi connectivity index (χ0) is 15.7. The molecule has 0 bridgehead atoms. The summed E-state index contributed by atoms with van der Waals surface area (Å²) >= 11 is 0. The molecule has 0 aromatic heterocycles. The van der Waals surface area contributed by atoms with Gasteiger partial charge in [0.05, 0.1) is 12.6 Å². The number of nitrogens with zero attached hydrogens (tertiary/aromatic N) is 1. The number of carbonyl (C=O) groups excluding carboxylic acids is 2. The van der Waals surface area contributed by atoms with E-state index in [0.29, 0.717) is 24.3 Å². The van der Waals surface area contributed by atoms with Crippen LogP contribution in [0.15, 0.2) is 24.3 Å². The van der Waals surface area contributed by atoms with Crippen molar-refractivity contribution in [2.24, 2.45) is 0 Å². The Bertz CT molecular complexity index is 612. The molecule has 0 saturated carbocycles. The zero-order valence-corrected chi connectivity index (χ0v) is 13.2. The topological polar surface area (TPSA) is 61.4 Å². The lowest BCUT2D eigenvalue weighted by Gasteiger charge is -2.17. The van der Waals surface area contributed by atoms with E-state index in [1.807, 2.05) is 0 Å². The number of amides is 2. The van der Waals surface area contributed by atoms with Crippen molar-refractivity contribution in [2.45, 2.75) is 31.2 Å². The van der Waals surface area contributed by atoms with Crippen molar-refractivity contribution in [1.82, 2.24) is 5.32 Å². The number of rotatable bonds is 3. The molecule has 1 atom stereocenters. The second-order valence-corrected chi connectivity index (χ2v) is 5.68. The molecule has 3 rings (SSSR count). The Kier molecular flexibility index (Phi) is 5.21. The predicted octanol–water partition coefficient (Wildman–Crippen LogP) is 2.17. The fourth-order valence-corrected chi connectivity index (χ4v) is 2.80. The lowest BCUT2D eigenvalue weighted by Crippen LogP contribution is -2.35. The normalized spacial score (nSPS) is 22.8. The number of carbonyl (C=O) groups is 2. The molecular weight excluding hydrogens is 328 g/mol. The van der Waals surface area contributed by atoms with Crippen LogP contribution in [-0.2, 0) is 9.59 Å².